The number of hydrogen-bond donors (Lipinski definition) is 2. The van der Waals surface area contributed by atoms with E-state index in [1.807, 2.05) is 0 Å². The number of ether oxygens (including phenoxy) is 2. The average Bonchev–Trinajstić information content (AvgIpc) is 2.89. The van der Waals surface area contributed by atoms with E-state index in [-0.39, 0.29) is 18.7 Å². The van der Waals surface area contributed by atoms with Gasteiger partial charge in [0.2, 0.25) is 6.79 Å². The molecule has 21 heavy (non-hydrogen) atoms. The van der Waals surface area contributed by atoms with Crippen LogP contribution in [0.5, 0.6) is 11.5 Å². The number of benzene rings is 1. The van der Waals surface area contributed by atoms with Gasteiger partial charge in [-0.2, -0.15) is 0 Å². The van der Waals surface area contributed by atoms with Crippen LogP contribution in [0.1, 0.15) is 43.5 Å². The molecule has 0 saturated heterocycles. The van der Waals surface area contributed by atoms with Gasteiger partial charge >= 0.3 is 0 Å². The minimum Gasteiger partial charge on any atom is -0.454 e. The SMILES string of the molecule is CC1CCC(NC(=O)c2cc3c(cc2N)OCO3)CC1C. The number of carbonyl (C=O) groups is 1. The van der Waals surface area contributed by atoms with Gasteiger partial charge in [-0.15, -0.1) is 0 Å². The Bertz CT molecular complexity index is 559. The summed E-state index contributed by atoms with van der Waals surface area (Å²) in [6.45, 7) is 4.70. The molecule has 1 aliphatic heterocycles. The van der Waals surface area contributed by atoms with Gasteiger partial charge < -0.3 is 20.5 Å². The minimum absolute atomic E-state index is 0.127. The van der Waals surface area contributed by atoms with E-state index in [0.29, 0.717) is 28.7 Å². The number of fused-ring (bicyclic) bond motifs is 1. The van der Waals surface area contributed by atoms with Gasteiger partial charge in [-0.25, -0.2) is 0 Å². The Balaban J connectivity index is 1.71. The van der Waals surface area contributed by atoms with E-state index in [0.717, 1.165) is 25.2 Å². The molecule has 1 aliphatic carbocycles. The predicted molar refractivity (Wildman–Crippen MR) is 80.4 cm³/mol. The van der Waals surface area contributed by atoms with E-state index in [1.54, 1.807) is 12.1 Å². The van der Waals surface area contributed by atoms with Crippen molar-refractivity contribution in [1.29, 1.82) is 0 Å². The van der Waals surface area contributed by atoms with Crippen molar-refractivity contribution in [2.45, 2.75) is 39.2 Å². The zero-order valence-corrected chi connectivity index (χ0v) is 12.5. The lowest BCUT2D eigenvalue weighted by Gasteiger charge is -2.32. The van der Waals surface area contributed by atoms with Crippen LogP contribution >= 0.6 is 0 Å². The maximum Gasteiger partial charge on any atom is 0.253 e. The summed E-state index contributed by atoms with van der Waals surface area (Å²) >= 11 is 0. The van der Waals surface area contributed by atoms with Gasteiger partial charge in [0.1, 0.15) is 0 Å². The molecule has 5 heteroatoms. The van der Waals surface area contributed by atoms with E-state index in [1.165, 1.54) is 0 Å². The largest absolute Gasteiger partial charge is 0.454 e. The number of hydrogen-bond acceptors (Lipinski definition) is 4. The van der Waals surface area contributed by atoms with Gasteiger partial charge in [-0.1, -0.05) is 13.8 Å². The molecule has 3 rings (SSSR count). The Morgan fingerprint density at radius 3 is 2.62 bits per heavy atom. The lowest BCUT2D eigenvalue weighted by molar-refractivity contribution is 0.0911. The summed E-state index contributed by atoms with van der Waals surface area (Å²) in [6, 6.07) is 3.55. The molecule has 2 aliphatic rings. The third-order valence-electron chi connectivity index (χ3n) is 4.72. The van der Waals surface area contributed by atoms with Crippen LogP contribution in [0.4, 0.5) is 5.69 Å². The molecule has 1 aromatic rings. The predicted octanol–water partition coefficient (Wildman–Crippen LogP) is 2.55. The van der Waals surface area contributed by atoms with Crippen LogP contribution < -0.4 is 20.5 Å². The Hall–Kier alpha value is -1.91. The molecule has 1 aromatic carbocycles. The molecule has 0 bridgehead atoms. The van der Waals surface area contributed by atoms with E-state index in [9.17, 15) is 4.79 Å². The smallest absolute Gasteiger partial charge is 0.253 e. The lowest BCUT2D eigenvalue weighted by Crippen LogP contribution is -2.40. The maximum atomic E-state index is 12.4. The van der Waals surface area contributed by atoms with Crippen molar-refractivity contribution < 1.29 is 14.3 Å². The van der Waals surface area contributed by atoms with E-state index < -0.39 is 0 Å². The third kappa shape index (κ3) is 2.77. The molecule has 3 atom stereocenters. The van der Waals surface area contributed by atoms with Crippen molar-refractivity contribution >= 4 is 11.6 Å². The Kier molecular flexibility index (Phi) is 3.66. The second-order valence-corrected chi connectivity index (χ2v) is 6.23. The first-order valence-corrected chi connectivity index (χ1v) is 7.54. The lowest BCUT2D eigenvalue weighted by atomic mass is 9.79. The molecule has 0 spiro atoms. The van der Waals surface area contributed by atoms with Crippen molar-refractivity contribution in [3.05, 3.63) is 17.7 Å². The van der Waals surface area contributed by atoms with Gasteiger partial charge in [0.25, 0.3) is 5.91 Å². The van der Waals surface area contributed by atoms with Crippen molar-refractivity contribution in [1.82, 2.24) is 5.32 Å². The molecular formula is C16H22N2O3. The summed E-state index contributed by atoms with van der Waals surface area (Å²) < 4.78 is 10.6. The van der Waals surface area contributed by atoms with Crippen LogP contribution in [0.2, 0.25) is 0 Å². The number of nitrogens with one attached hydrogen (secondary N) is 1. The zero-order chi connectivity index (χ0) is 15.0. The fraction of sp³-hybridized carbons (Fsp3) is 0.562. The molecule has 1 fully saturated rings. The average molecular weight is 290 g/mol. The number of carbonyl (C=O) groups excluding carboxylic acids is 1. The van der Waals surface area contributed by atoms with E-state index in [4.69, 9.17) is 15.2 Å². The van der Waals surface area contributed by atoms with Crippen LogP contribution in [-0.4, -0.2) is 18.7 Å². The summed E-state index contributed by atoms with van der Waals surface area (Å²) in [5.41, 5.74) is 6.84. The summed E-state index contributed by atoms with van der Waals surface area (Å²) in [6.07, 6.45) is 3.21. The standard InChI is InChI=1S/C16H22N2O3/c1-9-3-4-11(5-10(9)2)18-16(19)12-6-14-15(7-13(12)17)21-8-20-14/h6-7,9-11H,3-5,8,17H2,1-2H3,(H,18,19). The molecule has 1 heterocycles. The first-order chi connectivity index (χ1) is 10.0. The normalized spacial score (nSPS) is 27.4. The fourth-order valence-corrected chi connectivity index (χ4v) is 3.10. The van der Waals surface area contributed by atoms with Crippen molar-refractivity contribution in [3.8, 4) is 11.5 Å². The van der Waals surface area contributed by atoms with Gasteiger partial charge in [-0.05, 0) is 37.2 Å². The monoisotopic (exact) mass is 290 g/mol. The number of anilines is 1. The molecule has 5 nitrogen and oxygen atoms in total. The zero-order valence-electron chi connectivity index (χ0n) is 12.5. The number of nitrogen functional groups attached to an aromatic ring is 1. The topological polar surface area (TPSA) is 73.6 Å². The Labute approximate surface area is 124 Å². The summed E-state index contributed by atoms with van der Waals surface area (Å²) in [5, 5.41) is 3.10. The molecular weight excluding hydrogens is 268 g/mol. The molecule has 0 aromatic heterocycles. The van der Waals surface area contributed by atoms with Crippen molar-refractivity contribution in [3.63, 3.8) is 0 Å². The highest BCUT2D eigenvalue weighted by Gasteiger charge is 2.27. The van der Waals surface area contributed by atoms with Crippen LogP contribution in [0.25, 0.3) is 0 Å². The molecule has 0 radical (unpaired) electrons. The first kappa shape index (κ1) is 14.0. The summed E-state index contributed by atoms with van der Waals surface area (Å²) in [4.78, 5) is 12.4. The molecule has 114 valence electrons. The van der Waals surface area contributed by atoms with Crippen LogP contribution in [0.3, 0.4) is 0 Å². The third-order valence-corrected chi connectivity index (χ3v) is 4.72. The number of nitrogens with two attached hydrogens (primary N) is 1. The molecule has 1 saturated carbocycles. The van der Waals surface area contributed by atoms with Crippen molar-refractivity contribution in [2.75, 3.05) is 12.5 Å². The molecule has 3 N–H and O–H groups in total. The summed E-state index contributed by atoms with van der Waals surface area (Å²) in [5.74, 6) is 2.42. The highest BCUT2D eigenvalue weighted by Crippen LogP contribution is 2.36. The Morgan fingerprint density at radius 2 is 1.90 bits per heavy atom. The highest BCUT2D eigenvalue weighted by molar-refractivity contribution is 6.00. The van der Waals surface area contributed by atoms with E-state index in [2.05, 4.69) is 19.2 Å². The van der Waals surface area contributed by atoms with Gasteiger partial charge in [0.05, 0.1) is 5.56 Å². The Morgan fingerprint density at radius 1 is 1.19 bits per heavy atom. The highest BCUT2D eigenvalue weighted by atomic mass is 16.7. The van der Waals surface area contributed by atoms with Crippen LogP contribution in [0.15, 0.2) is 12.1 Å². The fourth-order valence-electron chi connectivity index (χ4n) is 3.10. The summed E-state index contributed by atoms with van der Waals surface area (Å²) in [7, 11) is 0. The quantitative estimate of drug-likeness (QED) is 0.821. The van der Waals surface area contributed by atoms with E-state index >= 15 is 0 Å². The minimum atomic E-state index is -0.127. The maximum absolute atomic E-state index is 12.4. The number of rotatable bonds is 2. The van der Waals surface area contributed by atoms with Crippen LogP contribution in [0, 0.1) is 11.8 Å². The molecule has 3 unspecified atom stereocenters. The van der Waals surface area contributed by atoms with Crippen molar-refractivity contribution in [2.24, 2.45) is 11.8 Å². The molecule has 1 amide bonds. The van der Waals surface area contributed by atoms with Gasteiger partial charge in [0.15, 0.2) is 11.5 Å². The van der Waals surface area contributed by atoms with Crippen LogP contribution in [-0.2, 0) is 0 Å². The van der Waals surface area contributed by atoms with Gasteiger partial charge in [0, 0.05) is 17.8 Å². The number of amides is 1. The first-order valence-electron chi connectivity index (χ1n) is 7.54. The van der Waals surface area contributed by atoms with Gasteiger partial charge in [-0.3, -0.25) is 4.79 Å². The second-order valence-electron chi connectivity index (χ2n) is 6.23. The second kappa shape index (κ2) is 5.47.